The van der Waals surface area contributed by atoms with Crippen LogP contribution in [0.2, 0.25) is 0 Å². The van der Waals surface area contributed by atoms with E-state index < -0.39 is 0 Å². The average Bonchev–Trinajstić information content (AvgIpc) is 3.25. The number of hydrogen-bond acceptors (Lipinski definition) is 6. The largest absolute Gasteiger partial charge is 0.493 e. The van der Waals surface area contributed by atoms with E-state index in [1.54, 1.807) is 28.4 Å². The molecule has 0 aliphatic carbocycles. The van der Waals surface area contributed by atoms with Gasteiger partial charge in [-0.2, -0.15) is 0 Å². The lowest BCUT2D eigenvalue weighted by Crippen LogP contribution is -2.37. The normalized spacial score (nSPS) is 16.1. The summed E-state index contributed by atoms with van der Waals surface area (Å²) in [5, 5.41) is 6.58. The number of methoxy groups -OCH3 is 3. The first-order valence-corrected chi connectivity index (χ1v) is 9.61. The van der Waals surface area contributed by atoms with Crippen LogP contribution in [-0.2, 0) is 16.0 Å². The first kappa shape index (κ1) is 25.6. The van der Waals surface area contributed by atoms with Crippen LogP contribution in [0.25, 0.3) is 0 Å². The number of guanidine groups is 1. The number of rotatable bonds is 11. The molecule has 29 heavy (non-hydrogen) atoms. The average molecular weight is 523 g/mol. The monoisotopic (exact) mass is 523 g/mol. The molecular weight excluding hydrogens is 489 g/mol. The summed E-state index contributed by atoms with van der Waals surface area (Å²) in [5.74, 6) is 3.14. The van der Waals surface area contributed by atoms with E-state index in [9.17, 15) is 0 Å². The number of hydrogen-bond donors (Lipinski definition) is 2. The highest BCUT2D eigenvalue weighted by Gasteiger charge is 2.16. The minimum atomic E-state index is 0. The van der Waals surface area contributed by atoms with Gasteiger partial charge in [0.25, 0.3) is 0 Å². The van der Waals surface area contributed by atoms with Gasteiger partial charge in [-0.3, -0.25) is 4.99 Å². The Morgan fingerprint density at radius 1 is 1.14 bits per heavy atom. The molecule has 0 aromatic heterocycles. The Balaban J connectivity index is 0.00000420. The summed E-state index contributed by atoms with van der Waals surface area (Å²) in [4.78, 5) is 4.26. The Bertz CT molecular complexity index is 624. The highest BCUT2D eigenvalue weighted by Crippen LogP contribution is 2.39. The zero-order valence-electron chi connectivity index (χ0n) is 17.8. The molecule has 1 aromatic carbocycles. The summed E-state index contributed by atoms with van der Waals surface area (Å²) in [5.41, 5.74) is 0.949. The van der Waals surface area contributed by atoms with Crippen molar-refractivity contribution in [2.75, 3.05) is 61.3 Å². The van der Waals surface area contributed by atoms with Crippen molar-refractivity contribution in [1.82, 2.24) is 10.6 Å². The van der Waals surface area contributed by atoms with Gasteiger partial charge < -0.3 is 34.3 Å². The molecule has 1 heterocycles. The molecule has 9 heteroatoms. The minimum absolute atomic E-state index is 0. The van der Waals surface area contributed by atoms with E-state index in [0.29, 0.717) is 29.7 Å². The number of nitrogens with zero attached hydrogens (tertiary/aromatic N) is 1. The fourth-order valence-corrected chi connectivity index (χ4v) is 3.05. The van der Waals surface area contributed by atoms with Gasteiger partial charge in [-0.25, -0.2) is 0 Å². The fourth-order valence-electron chi connectivity index (χ4n) is 3.05. The van der Waals surface area contributed by atoms with Gasteiger partial charge in [-0.05, 0) is 25.0 Å². The van der Waals surface area contributed by atoms with Gasteiger partial charge in [0.1, 0.15) is 0 Å². The van der Waals surface area contributed by atoms with E-state index >= 15 is 0 Å². The van der Waals surface area contributed by atoms with E-state index in [0.717, 1.165) is 57.3 Å². The Kier molecular flexibility index (Phi) is 12.8. The highest BCUT2D eigenvalue weighted by atomic mass is 127. The molecule has 1 atom stereocenters. The number of ether oxygens (including phenoxy) is 5. The molecule has 1 aromatic rings. The quantitative estimate of drug-likeness (QED) is 0.200. The predicted octanol–water partition coefficient (Wildman–Crippen LogP) is 2.44. The van der Waals surface area contributed by atoms with Crippen LogP contribution in [0.1, 0.15) is 18.4 Å². The summed E-state index contributed by atoms with van der Waals surface area (Å²) in [6.45, 7) is 4.53. The fraction of sp³-hybridized carbons (Fsp3) is 0.650. The van der Waals surface area contributed by atoms with Crippen LogP contribution in [0.3, 0.4) is 0 Å². The second kappa shape index (κ2) is 14.5. The molecule has 2 N–H and O–H groups in total. The van der Waals surface area contributed by atoms with Crippen LogP contribution in [0.15, 0.2) is 17.1 Å². The molecule has 0 bridgehead atoms. The van der Waals surface area contributed by atoms with E-state index in [4.69, 9.17) is 23.7 Å². The highest BCUT2D eigenvalue weighted by molar-refractivity contribution is 14.0. The van der Waals surface area contributed by atoms with Gasteiger partial charge >= 0.3 is 0 Å². The third-order valence-electron chi connectivity index (χ3n) is 4.59. The molecular formula is C20H34IN3O5. The molecule has 0 spiro atoms. The third-order valence-corrected chi connectivity index (χ3v) is 4.59. The first-order valence-electron chi connectivity index (χ1n) is 9.61. The molecule has 1 aliphatic rings. The molecule has 1 unspecified atom stereocenters. The van der Waals surface area contributed by atoms with Crippen molar-refractivity contribution in [3.05, 3.63) is 17.7 Å². The van der Waals surface area contributed by atoms with Crippen molar-refractivity contribution in [3.63, 3.8) is 0 Å². The number of aliphatic imine (C=N–C) groups is 1. The van der Waals surface area contributed by atoms with Gasteiger partial charge in [0.15, 0.2) is 17.5 Å². The van der Waals surface area contributed by atoms with Gasteiger partial charge in [-0.15, -0.1) is 24.0 Å². The maximum Gasteiger partial charge on any atom is 0.203 e. The van der Waals surface area contributed by atoms with Crippen molar-refractivity contribution in [2.24, 2.45) is 10.9 Å². The topological polar surface area (TPSA) is 82.6 Å². The van der Waals surface area contributed by atoms with E-state index in [2.05, 4.69) is 15.6 Å². The summed E-state index contributed by atoms with van der Waals surface area (Å²) >= 11 is 0. The minimum Gasteiger partial charge on any atom is -0.493 e. The smallest absolute Gasteiger partial charge is 0.203 e. The van der Waals surface area contributed by atoms with Gasteiger partial charge in [0.2, 0.25) is 5.75 Å². The predicted molar refractivity (Wildman–Crippen MR) is 124 cm³/mol. The van der Waals surface area contributed by atoms with E-state index in [1.165, 1.54) is 0 Å². The molecule has 0 saturated carbocycles. The lowest BCUT2D eigenvalue weighted by atomic mass is 10.1. The SMILES string of the molecule is CN=C(NCCCOCC1CCOC1)NCc1ccc(OC)c(OC)c1OC.I. The van der Waals surface area contributed by atoms with Crippen molar-refractivity contribution in [1.29, 1.82) is 0 Å². The zero-order valence-corrected chi connectivity index (χ0v) is 20.1. The lowest BCUT2D eigenvalue weighted by Gasteiger charge is -2.17. The zero-order chi connectivity index (χ0) is 20.2. The number of nitrogens with one attached hydrogen (secondary N) is 2. The molecule has 1 fully saturated rings. The standard InChI is InChI=1S/C20H33N3O5.HI/c1-21-20(22-9-5-10-27-13-15-8-11-28-14-15)23-12-16-6-7-17(24-2)19(26-4)18(16)25-3;/h6-7,15H,5,8-14H2,1-4H3,(H2,21,22,23);1H. The molecule has 0 radical (unpaired) electrons. The van der Waals surface area contributed by atoms with Crippen molar-refractivity contribution in [3.8, 4) is 17.2 Å². The Hall–Kier alpha value is -1.46. The first-order chi connectivity index (χ1) is 13.7. The van der Waals surface area contributed by atoms with Crippen LogP contribution in [0.5, 0.6) is 17.2 Å². The molecule has 2 rings (SSSR count). The van der Waals surface area contributed by atoms with Crippen LogP contribution < -0.4 is 24.8 Å². The molecule has 1 aliphatic heterocycles. The lowest BCUT2D eigenvalue weighted by molar-refractivity contribution is 0.0888. The summed E-state index contributed by atoms with van der Waals surface area (Å²) < 4.78 is 27.3. The van der Waals surface area contributed by atoms with E-state index in [1.807, 2.05) is 12.1 Å². The van der Waals surface area contributed by atoms with Gasteiger partial charge in [0.05, 0.1) is 34.5 Å². The molecule has 1 saturated heterocycles. The van der Waals surface area contributed by atoms with Crippen molar-refractivity contribution in [2.45, 2.75) is 19.4 Å². The van der Waals surface area contributed by atoms with Crippen LogP contribution in [0.4, 0.5) is 0 Å². The molecule has 0 amide bonds. The van der Waals surface area contributed by atoms with Crippen LogP contribution >= 0.6 is 24.0 Å². The number of benzene rings is 1. The van der Waals surface area contributed by atoms with Crippen LogP contribution in [0, 0.1) is 5.92 Å². The van der Waals surface area contributed by atoms with Crippen molar-refractivity contribution < 1.29 is 23.7 Å². The second-order valence-electron chi connectivity index (χ2n) is 6.50. The summed E-state index contributed by atoms with van der Waals surface area (Å²) in [6.07, 6.45) is 2.02. The van der Waals surface area contributed by atoms with Gasteiger partial charge in [0, 0.05) is 44.8 Å². The Labute approximate surface area is 190 Å². The summed E-state index contributed by atoms with van der Waals surface area (Å²) in [7, 11) is 6.56. The maximum atomic E-state index is 5.72. The summed E-state index contributed by atoms with van der Waals surface area (Å²) in [6, 6.07) is 3.81. The molecule has 8 nitrogen and oxygen atoms in total. The van der Waals surface area contributed by atoms with E-state index in [-0.39, 0.29) is 24.0 Å². The molecule has 166 valence electrons. The maximum absolute atomic E-state index is 5.72. The van der Waals surface area contributed by atoms with Gasteiger partial charge in [-0.1, -0.05) is 0 Å². The Morgan fingerprint density at radius 3 is 2.55 bits per heavy atom. The second-order valence-corrected chi connectivity index (χ2v) is 6.50. The number of halogens is 1. The van der Waals surface area contributed by atoms with Crippen molar-refractivity contribution >= 4 is 29.9 Å². The van der Waals surface area contributed by atoms with Crippen LogP contribution in [-0.4, -0.2) is 67.3 Å². The Morgan fingerprint density at radius 2 is 1.93 bits per heavy atom. The third kappa shape index (κ3) is 8.06.